The average Bonchev–Trinajstić information content (AvgIpc) is 2.38. The van der Waals surface area contributed by atoms with Crippen molar-refractivity contribution in [3.8, 4) is 17.0 Å². The maximum Gasteiger partial charge on any atom is 0.207 e. The molecule has 1 aromatic heterocycles. The van der Waals surface area contributed by atoms with Crippen molar-refractivity contribution in [2.75, 3.05) is 6.61 Å². The molecular weight excluding hydrogens is 510 g/mol. The maximum atomic E-state index is 11.9. The minimum Gasteiger partial charge on any atom is -0.494 e. The van der Waals surface area contributed by atoms with Crippen LogP contribution in [0.2, 0.25) is 0 Å². The van der Waals surface area contributed by atoms with Crippen molar-refractivity contribution in [1.82, 2.24) is 4.57 Å². The van der Waals surface area contributed by atoms with E-state index in [1.54, 1.807) is 17.7 Å². The Bertz CT molecular complexity index is 673. The molecule has 0 aliphatic heterocycles. The smallest absolute Gasteiger partial charge is 0.207 e. The summed E-state index contributed by atoms with van der Waals surface area (Å²) in [6, 6.07) is 10.6. The van der Waals surface area contributed by atoms with Gasteiger partial charge in [-0.3, -0.25) is 4.79 Å². The molecule has 0 amide bonds. The number of pyridine rings is 1. The second-order valence-electron chi connectivity index (χ2n) is 3.92. The van der Waals surface area contributed by atoms with Crippen LogP contribution in [0.4, 0.5) is 0 Å². The van der Waals surface area contributed by atoms with Gasteiger partial charge in [0.05, 0.1) is 6.61 Å². The fraction of sp³-hybridized carbons (Fsp3) is 0.214. The summed E-state index contributed by atoms with van der Waals surface area (Å²) in [6.07, 6.45) is 0. The molecule has 20 heavy (non-hydrogen) atoms. The van der Waals surface area contributed by atoms with E-state index < -0.39 is 0 Å². The Balaban J connectivity index is 0.00000200. The molecule has 0 aliphatic carbocycles. The average molecular weight is 522 g/mol. The quantitative estimate of drug-likeness (QED) is 0.456. The summed E-state index contributed by atoms with van der Waals surface area (Å²) in [7, 11) is 1.75. The molecule has 0 saturated heterocycles. The molecule has 1 aromatic carbocycles. The summed E-state index contributed by atoms with van der Waals surface area (Å²) in [5.74, 6) is 0.800. The number of halogens is 2. The Morgan fingerprint density at radius 2 is 2.15 bits per heavy atom. The fourth-order valence-electron chi connectivity index (χ4n) is 1.75. The van der Waals surface area contributed by atoms with E-state index in [0.29, 0.717) is 10.2 Å². The first-order chi connectivity index (χ1) is 9.04. The molecule has 2 aromatic rings. The van der Waals surface area contributed by atoms with Gasteiger partial charge in [-0.15, -0.1) is 28.7 Å². The molecule has 103 valence electrons. The molecular formula is C14H12BrINO2Y-. The number of aromatic nitrogens is 1. The normalized spacial score (nSPS) is 10.0. The van der Waals surface area contributed by atoms with Crippen molar-refractivity contribution < 1.29 is 37.4 Å². The van der Waals surface area contributed by atoms with E-state index in [4.69, 9.17) is 4.74 Å². The van der Waals surface area contributed by atoms with E-state index in [9.17, 15) is 4.79 Å². The van der Waals surface area contributed by atoms with Crippen LogP contribution in [0.1, 0.15) is 6.92 Å². The van der Waals surface area contributed by atoms with Gasteiger partial charge in [-0.2, -0.15) is 12.1 Å². The SMILES string of the molecule is CCOc1ccc(-c2[c-]cc(I)c(=O)n2C)c(Br)c1.[Y]. The van der Waals surface area contributed by atoms with Crippen molar-refractivity contribution in [2.45, 2.75) is 6.92 Å². The first kappa shape index (κ1) is 18.3. The summed E-state index contributed by atoms with van der Waals surface area (Å²) in [6.45, 7) is 2.57. The molecule has 0 saturated carbocycles. The molecule has 3 nitrogen and oxygen atoms in total. The number of nitrogens with zero attached hydrogens (tertiary/aromatic N) is 1. The first-order valence-electron chi connectivity index (χ1n) is 5.74. The molecule has 0 unspecified atom stereocenters. The Morgan fingerprint density at radius 1 is 1.45 bits per heavy atom. The summed E-state index contributed by atoms with van der Waals surface area (Å²) in [5, 5.41) is 0. The number of rotatable bonds is 3. The van der Waals surface area contributed by atoms with Crippen molar-refractivity contribution in [2.24, 2.45) is 7.05 Å². The molecule has 0 fully saturated rings. The number of ether oxygens (including phenoxy) is 1. The minimum absolute atomic E-state index is 0. The van der Waals surface area contributed by atoms with Gasteiger partial charge >= 0.3 is 0 Å². The first-order valence-corrected chi connectivity index (χ1v) is 7.61. The van der Waals surface area contributed by atoms with Gasteiger partial charge in [0.15, 0.2) is 0 Å². The van der Waals surface area contributed by atoms with Gasteiger partial charge in [0.25, 0.3) is 0 Å². The van der Waals surface area contributed by atoms with Crippen molar-refractivity contribution in [3.63, 3.8) is 0 Å². The second kappa shape index (κ2) is 8.06. The number of hydrogen-bond acceptors (Lipinski definition) is 2. The van der Waals surface area contributed by atoms with Crippen molar-refractivity contribution in [1.29, 1.82) is 0 Å². The molecule has 1 heterocycles. The van der Waals surface area contributed by atoms with Crippen LogP contribution in [0.5, 0.6) is 5.75 Å². The van der Waals surface area contributed by atoms with Gasteiger partial charge in [-0.1, -0.05) is 27.2 Å². The summed E-state index contributed by atoms with van der Waals surface area (Å²) in [5.41, 5.74) is 1.65. The van der Waals surface area contributed by atoms with Crippen molar-refractivity contribution >= 4 is 38.5 Å². The zero-order valence-corrected chi connectivity index (χ0v) is 17.7. The molecule has 6 heteroatoms. The van der Waals surface area contributed by atoms with E-state index in [1.165, 1.54) is 0 Å². The van der Waals surface area contributed by atoms with Crippen LogP contribution in [-0.4, -0.2) is 11.2 Å². The van der Waals surface area contributed by atoms with Gasteiger partial charge in [0.1, 0.15) is 5.75 Å². The third-order valence-corrected chi connectivity index (χ3v) is 4.12. The van der Waals surface area contributed by atoms with Crippen LogP contribution in [0.3, 0.4) is 0 Å². The topological polar surface area (TPSA) is 31.2 Å². The van der Waals surface area contributed by atoms with E-state index in [0.717, 1.165) is 21.5 Å². The Hall–Kier alpha value is 0.284. The summed E-state index contributed by atoms with van der Waals surface area (Å²) in [4.78, 5) is 11.9. The largest absolute Gasteiger partial charge is 0.494 e. The molecule has 0 spiro atoms. The van der Waals surface area contributed by atoms with Crippen LogP contribution in [0.15, 0.2) is 33.5 Å². The van der Waals surface area contributed by atoms with Gasteiger partial charge in [0, 0.05) is 39.8 Å². The third-order valence-electron chi connectivity index (χ3n) is 2.69. The van der Waals surface area contributed by atoms with Gasteiger partial charge in [-0.25, -0.2) is 0 Å². The molecule has 0 atom stereocenters. The van der Waals surface area contributed by atoms with Crippen molar-refractivity contribution in [3.05, 3.63) is 48.7 Å². The Labute approximate surface area is 165 Å². The molecule has 0 bridgehead atoms. The number of benzene rings is 1. The van der Waals surface area contributed by atoms with Crippen LogP contribution >= 0.6 is 38.5 Å². The molecule has 0 aliphatic rings. The monoisotopic (exact) mass is 521 g/mol. The van der Waals surface area contributed by atoms with Crippen LogP contribution in [-0.2, 0) is 39.8 Å². The van der Waals surface area contributed by atoms with E-state index in [1.807, 2.05) is 47.7 Å². The standard InChI is InChI=1S/C14H12BrINO2.Y/c1-3-19-9-4-5-10(11(15)8-9)13-7-6-12(16)14(18)17(13)2;/h4-6,8H,3H2,1-2H3;/q-1;. The van der Waals surface area contributed by atoms with E-state index in [-0.39, 0.29) is 38.3 Å². The third kappa shape index (κ3) is 3.93. The predicted octanol–water partition coefficient (Wildman–Crippen LogP) is 3.62. The molecule has 1 radical (unpaired) electrons. The second-order valence-corrected chi connectivity index (χ2v) is 5.94. The van der Waals surface area contributed by atoms with Crippen LogP contribution in [0, 0.1) is 9.64 Å². The molecule has 2 rings (SSSR count). The Morgan fingerprint density at radius 3 is 2.75 bits per heavy atom. The zero-order valence-electron chi connectivity index (χ0n) is 11.1. The predicted molar refractivity (Wildman–Crippen MR) is 87.5 cm³/mol. The van der Waals surface area contributed by atoms with E-state index >= 15 is 0 Å². The van der Waals surface area contributed by atoms with Gasteiger partial charge in [0.2, 0.25) is 5.56 Å². The van der Waals surface area contributed by atoms with Crippen LogP contribution < -0.4 is 10.3 Å². The fourth-order valence-corrected chi connectivity index (χ4v) is 2.82. The van der Waals surface area contributed by atoms with E-state index in [2.05, 4.69) is 22.0 Å². The van der Waals surface area contributed by atoms with Gasteiger partial charge in [-0.05, 0) is 27.1 Å². The maximum absolute atomic E-state index is 11.9. The summed E-state index contributed by atoms with van der Waals surface area (Å²) >= 11 is 5.53. The number of hydrogen-bond donors (Lipinski definition) is 0. The summed E-state index contributed by atoms with van der Waals surface area (Å²) < 4.78 is 8.58. The van der Waals surface area contributed by atoms with Gasteiger partial charge < -0.3 is 9.30 Å². The zero-order chi connectivity index (χ0) is 14.0. The Kier molecular flexibility index (Phi) is 7.39. The molecule has 0 N–H and O–H groups in total. The van der Waals surface area contributed by atoms with Crippen LogP contribution in [0.25, 0.3) is 11.3 Å². The minimum atomic E-state index is -0.0184.